The van der Waals surface area contributed by atoms with Crippen LogP contribution in [0.5, 0.6) is 11.6 Å². The van der Waals surface area contributed by atoms with Crippen molar-refractivity contribution >= 4 is 28.3 Å². The monoisotopic (exact) mass is 505 g/mol. The predicted octanol–water partition coefficient (Wildman–Crippen LogP) is 3.66. The SMILES string of the molecule is CCOc1ccc2cc(-n3nncc3COc3nc(-c4ccncc4)sc3C(=O)OC)c(=O)oc2c1. The van der Waals surface area contributed by atoms with Gasteiger partial charge < -0.3 is 18.6 Å². The molecule has 4 aromatic heterocycles. The zero-order valence-corrected chi connectivity index (χ0v) is 20.0. The predicted molar refractivity (Wildman–Crippen MR) is 130 cm³/mol. The van der Waals surface area contributed by atoms with Crippen LogP contribution in [0.15, 0.2) is 64.2 Å². The van der Waals surface area contributed by atoms with Crippen LogP contribution >= 0.6 is 11.3 Å². The maximum absolute atomic E-state index is 12.8. The zero-order chi connectivity index (χ0) is 25.1. The summed E-state index contributed by atoms with van der Waals surface area (Å²) in [6.07, 6.45) is 4.72. The number of aromatic nitrogens is 5. The van der Waals surface area contributed by atoms with Gasteiger partial charge in [0.05, 0.1) is 19.9 Å². The minimum Gasteiger partial charge on any atom is -0.494 e. The van der Waals surface area contributed by atoms with Gasteiger partial charge in [-0.1, -0.05) is 5.21 Å². The number of hydrogen-bond acceptors (Lipinski definition) is 11. The van der Waals surface area contributed by atoms with Gasteiger partial charge in [0.15, 0.2) is 10.6 Å². The minimum absolute atomic E-state index is 0.0722. The average molecular weight is 506 g/mol. The molecule has 5 aromatic rings. The number of fused-ring (bicyclic) bond motifs is 1. The van der Waals surface area contributed by atoms with Crippen molar-refractivity contribution in [3.63, 3.8) is 0 Å². The maximum Gasteiger partial charge on any atom is 0.362 e. The van der Waals surface area contributed by atoms with Gasteiger partial charge in [-0.3, -0.25) is 4.98 Å². The Morgan fingerprint density at radius 2 is 1.97 bits per heavy atom. The van der Waals surface area contributed by atoms with Crippen molar-refractivity contribution in [2.24, 2.45) is 0 Å². The first-order valence-electron chi connectivity index (χ1n) is 10.8. The van der Waals surface area contributed by atoms with E-state index in [1.165, 1.54) is 18.0 Å². The van der Waals surface area contributed by atoms with Crippen molar-refractivity contribution in [1.82, 2.24) is 25.0 Å². The van der Waals surface area contributed by atoms with Gasteiger partial charge in [0.2, 0.25) is 5.88 Å². The summed E-state index contributed by atoms with van der Waals surface area (Å²) in [5.74, 6) is 0.128. The fourth-order valence-electron chi connectivity index (χ4n) is 3.43. The van der Waals surface area contributed by atoms with Gasteiger partial charge in [0.1, 0.15) is 28.6 Å². The van der Waals surface area contributed by atoms with Crippen LogP contribution in [-0.4, -0.2) is 44.6 Å². The summed E-state index contributed by atoms with van der Waals surface area (Å²) < 4.78 is 23.0. The summed E-state index contributed by atoms with van der Waals surface area (Å²) in [5.41, 5.74) is 1.17. The van der Waals surface area contributed by atoms with Gasteiger partial charge in [-0.2, -0.15) is 0 Å². The Kier molecular flexibility index (Phi) is 6.41. The second-order valence-corrected chi connectivity index (χ2v) is 8.36. The third-order valence-corrected chi connectivity index (χ3v) is 6.16. The zero-order valence-electron chi connectivity index (χ0n) is 19.2. The topological polar surface area (TPSA) is 131 Å². The van der Waals surface area contributed by atoms with Crippen molar-refractivity contribution in [3.05, 3.63) is 76.0 Å². The Labute approximate surface area is 207 Å². The average Bonchev–Trinajstić information content (AvgIpc) is 3.54. The normalized spacial score (nSPS) is 10.9. The van der Waals surface area contributed by atoms with E-state index >= 15 is 0 Å². The number of pyridine rings is 1. The number of hydrogen-bond donors (Lipinski definition) is 0. The van der Waals surface area contributed by atoms with Crippen molar-refractivity contribution in [2.75, 3.05) is 13.7 Å². The number of benzene rings is 1. The molecule has 0 saturated carbocycles. The van der Waals surface area contributed by atoms with Crippen LogP contribution in [-0.2, 0) is 11.3 Å². The molecule has 0 atom stereocenters. The van der Waals surface area contributed by atoms with Crippen molar-refractivity contribution in [3.8, 4) is 27.9 Å². The Bertz CT molecular complexity index is 1590. The molecule has 11 nitrogen and oxygen atoms in total. The molecule has 1 aromatic carbocycles. The lowest BCUT2D eigenvalue weighted by molar-refractivity contribution is 0.0600. The molecule has 0 saturated heterocycles. The van der Waals surface area contributed by atoms with E-state index in [9.17, 15) is 9.59 Å². The molecule has 12 heteroatoms. The Morgan fingerprint density at radius 1 is 1.14 bits per heavy atom. The summed E-state index contributed by atoms with van der Waals surface area (Å²) in [6, 6.07) is 10.4. The van der Waals surface area contributed by atoms with Gasteiger partial charge in [-0.25, -0.2) is 19.3 Å². The number of thiazole rings is 1. The number of ether oxygens (including phenoxy) is 3. The van der Waals surface area contributed by atoms with Crippen molar-refractivity contribution < 1.29 is 23.4 Å². The molecule has 0 aliphatic carbocycles. The first-order chi connectivity index (χ1) is 17.6. The Morgan fingerprint density at radius 3 is 2.75 bits per heavy atom. The second kappa shape index (κ2) is 9.96. The van der Waals surface area contributed by atoms with E-state index in [4.69, 9.17) is 18.6 Å². The summed E-state index contributed by atoms with van der Waals surface area (Å²) in [4.78, 5) is 33.7. The lowest BCUT2D eigenvalue weighted by Crippen LogP contribution is -2.15. The molecule has 5 rings (SSSR count). The first kappa shape index (κ1) is 23.2. The minimum atomic E-state index is -0.605. The largest absolute Gasteiger partial charge is 0.494 e. The standard InChI is InChI=1S/C24H19N5O6S/c1-3-33-17-5-4-15-10-18(23(30)35-19(15)11-17)29-16(12-26-28-29)13-34-21-20(24(31)32-2)36-22(27-21)14-6-8-25-9-7-14/h4-12H,3,13H2,1-2H3. The molecular formula is C24H19N5O6S. The fraction of sp³-hybridized carbons (Fsp3) is 0.167. The van der Waals surface area contributed by atoms with Crippen molar-refractivity contribution in [2.45, 2.75) is 13.5 Å². The highest BCUT2D eigenvalue weighted by molar-refractivity contribution is 7.17. The van der Waals surface area contributed by atoms with Gasteiger partial charge in [-0.15, -0.1) is 16.4 Å². The summed E-state index contributed by atoms with van der Waals surface area (Å²) in [6.45, 7) is 2.30. The van der Waals surface area contributed by atoms with Crippen LogP contribution in [0.25, 0.3) is 27.2 Å². The summed E-state index contributed by atoms with van der Waals surface area (Å²) >= 11 is 1.14. The third kappa shape index (κ3) is 4.53. The van der Waals surface area contributed by atoms with Crippen LogP contribution < -0.4 is 15.1 Å². The molecule has 0 amide bonds. The molecular weight excluding hydrogens is 486 g/mol. The Balaban J connectivity index is 1.44. The smallest absolute Gasteiger partial charge is 0.362 e. The van der Waals surface area contributed by atoms with Gasteiger partial charge >= 0.3 is 11.6 Å². The summed E-state index contributed by atoms with van der Waals surface area (Å²) in [5, 5.41) is 9.19. The second-order valence-electron chi connectivity index (χ2n) is 7.36. The molecule has 0 unspecified atom stereocenters. The first-order valence-corrected chi connectivity index (χ1v) is 11.6. The number of esters is 1. The van der Waals surface area contributed by atoms with Crippen LogP contribution in [0, 0.1) is 0 Å². The highest BCUT2D eigenvalue weighted by Gasteiger charge is 2.22. The number of carbonyl (C=O) groups excluding carboxylic acids is 1. The fourth-order valence-corrected chi connectivity index (χ4v) is 4.36. The van der Waals surface area contributed by atoms with E-state index in [-0.39, 0.29) is 23.1 Å². The number of rotatable bonds is 8. The highest BCUT2D eigenvalue weighted by atomic mass is 32.1. The van der Waals surface area contributed by atoms with Crippen molar-refractivity contribution in [1.29, 1.82) is 0 Å². The summed E-state index contributed by atoms with van der Waals surface area (Å²) in [7, 11) is 1.28. The molecule has 4 heterocycles. The lowest BCUT2D eigenvalue weighted by Gasteiger charge is -2.08. The van der Waals surface area contributed by atoms with Crippen LogP contribution in [0.4, 0.5) is 0 Å². The molecule has 0 spiro atoms. The van der Waals surface area contributed by atoms with Crippen LogP contribution in [0.2, 0.25) is 0 Å². The maximum atomic E-state index is 12.8. The van der Waals surface area contributed by atoms with E-state index in [2.05, 4.69) is 20.3 Å². The molecule has 0 bridgehead atoms. The molecule has 182 valence electrons. The number of nitrogens with zero attached hydrogens (tertiary/aromatic N) is 5. The van der Waals surface area contributed by atoms with Gasteiger partial charge in [-0.05, 0) is 37.3 Å². The van der Waals surface area contributed by atoms with Gasteiger partial charge in [0.25, 0.3) is 0 Å². The molecule has 0 aliphatic rings. The quantitative estimate of drug-likeness (QED) is 0.227. The van der Waals surface area contributed by atoms with E-state index < -0.39 is 11.6 Å². The number of methoxy groups -OCH3 is 1. The van der Waals surface area contributed by atoms with Crippen LogP contribution in [0.1, 0.15) is 22.3 Å². The molecule has 0 radical (unpaired) electrons. The third-order valence-electron chi connectivity index (χ3n) is 5.10. The molecule has 0 aliphatic heterocycles. The van der Waals surface area contributed by atoms with E-state index in [1.54, 1.807) is 48.8 Å². The molecule has 0 N–H and O–H groups in total. The van der Waals surface area contributed by atoms with Crippen LogP contribution in [0.3, 0.4) is 0 Å². The lowest BCUT2D eigenvalue weighted by atomic mass is 10.2. The Hall–Kier alpha value is -4.58. The van der Waals surface area contributed by atoms with E-state index in [0.717, 1.165) is 16.9 Å². The number of carbonyl (C=O) groups is 1. The highest BCUT2D eigenvalue weighted by Crippen LogP contribution is 2.33. The molecule has 0 fully saturated rings. The molecule has 36 heavy (non-hydrogen) atoms. The van der Waals surface area contributed by atoms with Gasteiger partial charge in [0, 0.05) is 29.4 Å². The van der Waals surface area contributed by atoms with E-state index in [0.29, 0.717) is 34.0 Å². The van der Waals surface area contributed by atoms with E-state index in [1.807, 2.05) is 6.92 Å².